The molecule has 1 N–H and O–H groups in total. The number of hydrogen-bond acceptors (Lipinski definition) is 4. The molecule has 28 heavy (non-hydrogen) atoms. The second kappa shape index (κ2) is 7.89. The van der Waals surface area contributed by atoms with Gasteiger partial charge in [-0.1, -0.05) is 40.2 Å². The molecule has 1 amide bonds. The van der Waals surface area contributed by atoms with Gasteiger partial charge in [0, 0.05) is 35.7 Å². The number of para-hydroxylation sites is 1. The summed E-state index contributed by atoms with van der Waals surface area (Å²) in [6.07, 6.45) is 1.62. The molecule has 2 aromatic carbocycles. The number of amides is 1. The summed E-state index contributed by atoms with van der Waals surface area (Å²) < 4.78 is 12.2. The minimum atomic E-state index is -0.385. The summed E-state index contributed by atoms with van der Waals surface area (Å²) in [5.41, 5.74) is 1.13. The van der Waals surface area contributed by atoms with Crippen molar-refractivity contribution in [1.82, 2.24) is 5.32 Å². The molecule has 0 bridgehead atoms. The molecule has 4 rings (SSSR count). The van der Waals surface area contributed by atoms with Gasteiger partial charge in [0.2, 0.25) is 0 Å². The second-order valence-electron chi connectivity index (χ2n) is 7.06. The van der Waals surface area contributed by atoms with E-state index in [1.807, 2.05) is 12.1 Å². The molecule has 1 aliphatic heterocycles. The number of nitrogens with one attached hydrogen (secondary N) is 1. The lowest BCUT2D eigenvalue weighted by Gasteiger charge is -2.38. The SMILES string of the molecule is O=C(NCC1(c2cccc(Br)c2)CCOCC1)c1cc(=O)c2ccccc2o1. The molecule has 144 valence electrons. The van der Waals surface area contributed by atoms with Gasteiger partial charge in [-0.15, -0.1) is 0 Å². The smallest absolute Gasteiger partial charge is 0.287 e. The number of ether oxygens (including phenoxy) is 1. The van der Waals surface area contributed by atoms with E-state index in [1.165, 1.54) is 6.07 Å². The third-order valence-electron chi connectivity index (χ3n) is 5.33. The highest BCUT2D eigenvalue weighted by Crippen LogP contribution is 2.35. The van der Waals surface area contributed by atoms with Crippen LogP contribution in [0.25, 0.3) is 11.0 Å². The molecule has 0 atom stereocenters. The summed E-state index contributed by atoms with van der Waals surface area (Å²) in [4.78, 5) is 25.0. The van der Waals surface area contributed by atoms with Crippen LogP contribution in [0.3, 0.4) is 0 Å². The lowest BCUT2D eigenvalue weighted by Crippen LogP contribution is -2.44. The van der Waals surface area contributed by atoms with Crippen molar-refractivity contribution in [3.05, 3.63) is 80.6 Å². The van der Waals surface area contributed by atoms with Crippen molar-refractivity contribution in [1.29, 1.82) is 0 Å². The maximum atomic E-state index is 12.7. The molecule has 0 saturated carbocycles. The van der Waals surface area contributed by atoms with Crippen LogP contribution in [0, 0.1) is 0 Å². The average molecular weight is 442 g/mol. The molecule has 6 heteroatoms. The second-order valence-corrected chi connectivity index (χ2v) is 7.97. The number of rotatable bonds is 4. The first-order chi connectivity index (χ1) is 13.6. The van der Waals surface area contributed by atoms with Crippen molar-refractivity contribution in [3.63, 3.8) is 0 Å². The van der Waals surface area contributed by atoms with Gasteiger partial charge < -0.3 is 14.5 Å². The van der Waals surface area contributed by atoms with Crippen molar-refractivity contribution in [2.24, 2.45) is 0 Å². The van der Waals surface area contributed by atoms with Crippen LogP contribution in [0.5, 0.6) is 0 Å². The van der Waals surface area contributed by atoms with Crippen LogP contribution < -0.4 is 10.7 Å². The van der Waals surface area contributed by atoms with Crippen LogP contribution in [0.1, 0.15) is 29.0 Å². The van der Waals surface area contributed by atoms with Gasteiger partial charge in [0.15, 0.2) is 11.2 Å². The van der Waals surface area contributed by atoms with Crippen molar-refractivity contribution >= 4 is 32.8 Å². The van der Waals surface area contributed by atoms with Crippen LogP contribution in [-0.2, 0) is 10.2 Å². The Bertz CT molecular complexity index is 1070. The Morgan fingerprint density at radius 1 is 1.07 bits per heavy atom. The summed E-state index contributed by atoms with van der Waals surface area (Å²) in [6.45, 7) is 1.74. The zero-order valence-corrected chi connectivity index (χ0v) is 16.8. The maximum absolute atomic E-state index is 12.7. The van der Waals surface area contributed by atoms with Crippen LogP contribution >= 0.6 is 15.9 Å². The summed E-state index contributed by atoms with van der Waals surface area (Å²) in [5, 5.41) is 3.44. The zero-order valence-electron chi connectivity index (χ0n) is 15.2. The van der Waals surface area contributed by atoms with Gasteiger partial charge in [0.25, 0.3) is 5.91 Å². The van der Waals surface area contributed by atoms with Gasteiger partial charge in [-0.25, -0.2) is 0 Å². The molecular formula is C22H20BrNO4. The van der Waals surface area contributed by atoms with E-state index in [4.69, 9.17) is 9.15 Å². The lowest BCUT2D eigenvalue weighted by atomic mass is 9.74. The Balaban J connectivity index is 1.59. The highest BCUT2D eigenvalue weighted by molar-refractivity contribution is 9.10. The van der Waals surface area contributed by atoms with E-state index < -0.39 is 0 Å². The van der Waals surface area contributed by atoms with Gasteiger partial charge in [-0.05, 0) is 42.7 Å². The lowest BCUT2D eigenvalue weighted by molar-refractivity contribution is 0.0484. The molecule has 0 aliphatic carbocycles. The van der Waals surface area contributed by atoms with E-state index in [9.17, 15) is 9.59 Å². The first-order valence-electron chi connectivity index (χ1n) is 9.22. The highest BCUT2D eigenvalue weighted by atomic mass is 79.9. The third-order valence-corrected chi connectivity index (χ3v) is 5.83. The fraction of sp³-hybridized carbons (Fsp3) is 0.273. The molecule has 3 aromatic rings. The molecule has 0 unspecified atom stereocenters. The topological polar surface area (TPSA) is 68.5 Å². The van der Waals surface area contributed by atoms with Crippen LogP contribution in [-0.4, -0.2) is 25.7 Å². The van der Waals surface area contributed by atoms with Crippen LogP contribution in [0.2, 0.25) is 0 Å². The Kier molecular flexibility index (Phi) is 5.33. The Hall–Kier alpha value is -2.44. The van der Waals surface area contributed by atoms with Gasteiger partial charge in [0.05, 0.1) is 5.39 Å². The van der Waals surface area contributed by atoms with Crippen LogP contribution in [0.15, 0.2) is 68.3 Å². The number of carbonyl (C=O) groups excluding carboxylic acids is 1. The van der Waals surface area contributed by atoms with Gasteiger partial charge >= 0.3 is 0 Å². The number of hydrogen-bond donors (Lipinski definition) is 1. The largest absolute Gasteiger partial charge is 0.451 e. The predicted octanol–water partition coefficient (Wildman–Crippen LogP) is 4.03. The summed E-state index contributed by atoms with van der Waals surface area (Å²) in [7, 11) is 0. The molecule has 2 heterocycles. The fourth-order valence-electron chi connectivity index (χ4n) is 3.70. The Labute approximate surface area is 170 Å². The quantitative estimate of drug-likeness (QED) is 0.663. The molecule has 0 spiro atoms. The fourth-order valence-corrected chi connectivity index (χ4v) is 4.10. The number of benzene rings is 2. The summed E-state index contributed by atoms with van der Waals surface area (Å²) in [6, 6.07) is 16.3. The molecule has 1 aromatic heterocycles. The predicted molar refractivity (Wildman–Crippen MR) is 111 cm³/mol. The van der Waals surface area contributed by atoms with E-state index in [1.54, 1.807) is 24.3 Å². The Morgan fingerprint density at radius 3 is 2.64 bits per heavy atom. The van der Waals surface area contributed by atoms with E-state index in [0.717, 1.165) is 22.9 Å². The van der Waals surface area contributed by atoms with E-state index in [2.05, 4.69) is 33.4 Å². The van der Waals surface area contributed by atoms with Crippen molar-refractivity contribution in [2.45, 2.75) is 18.3 Å². The number of fused-ring (bicyclic) bond motifs is 1. The van der Waals surface area contributed by atoms with Crippen molar-refractivity contribution in [3.8, 4) is 0 Å². The zero-order chi connectivity index (χ0) is 19.6. The molecule has 1 saturated heterocycles. The third kappa shape index (κ3) is 3.75. The van der Waals surface area contributed by atoms with Crippen molar-refractivity contribution in [2.75, 3.05) is 19.8 Å². The van der Waals surface area contributed by atoms with Gasteiger partial charge in [-0.3, -0.25) is 9.59 Å². The molecule has 1 fully saturated rings. The minimum absolute atomic E-state index is 0.0279. The molecular weight excluding hydrogens is 422 g/mol. The normalized spacial score (nSPS) is 16.0. The monoisotopic (exact) mass is 441 g/mol. The van der Waals surface area contributed by atoms with Crippen LogP contribution in [0.4, 0.5) is 0 Å². The number of carbonyl (C=O) groups is 1. The average Bonchev–Trinajstić information content (AvgIpc) is 2.73. The van der Waals surface area contributed by atoms with E-state index >= 15 is 0 Å². The standard InChI is InChI=1S/C22H20BrNO4/c23-16-5-3-4-15(12-16)22(8-10-27-11-9-22)14-24-21(26)20-13-18(25)17-6-1-2-7-19(17)28-20/h1-7,12-13H,8-11,14H2,(H,24,26). The number of halogens is 1. The van der Waals surface area contributed by atoms with Gasteiger partial charge in [0.1, 0.15) is 5.58 Å². The van der Waals surface area contributed by atoms with Crippen molar-refractivity contribution < 1.29 is 13.9 Å². The first kappa shape index (κ1) is 18.9. The maximum Gasteiger partial charge on any atom is 0.287 e. The molecule has 0 radical (unpaired) electrons. The van der Waals surface area contributed by atoms with E-state index in [-0.39, 0.29) is 22.5 Å². The minimum Gasteiger partial charge on any atom is -0.451 e. The van der Waals surface area contributed by atoms with E-state index in [0.29, 0.717) is 30.7 Å². The Morgan fingerprint density at radius 2 is 1.86 bits per heavy atom. The summed E-state index contributed by atoms with van der Waals surface area (Å²) >= 11 is 3.53. The first-order valence-corrected chi connectivity index (χ1v) is 10.0. The molecule has 1 aliphatic rings. The van der Waals surface area contributed by atoms with Gasteiger partial charge in [-0.2, -0.15) is 0 Å². The highest BCUT2D eigenvalue weighted by Gasteiger charge is 2.35. The summed E-state index contributed by atoms with van der Waals surface area (Å²) in [5.74, 6) is -0.358. The molecule has 5 nitrogen and oxygen atoms in total.